The van der Waals surface area contributed by atoms with E-state index < -0.39 is 10.0 Å². The Morgan fingerprint density at radius 2 is 2.11 bits per heavy atom. The lowest BCUT2D eigenvalue weighted by Gasteiger charge is -2.35. The van der Waals surface area contributed by atoms with Gasteiger partial charge in [-0.1, -0.05) is 15.9 Å². The summed E-state index contributed by atoms with van der Waals surface area (Å²) in [5.74, 6) is 0. The Hall–Kier alpha value is -0.430. The molecule has 1 saturated heterocycles. The van der Waals surface area contributed by atoms with Gasteiger partial charge in [0.25, 0.3) is 0 Å². The van der Waals surface area contributed by atoms with Crippen molar-refractivity contribution in [3.63, 3.8) is 0 Å². The number of piperidine rings is 1. The Kier molecular flexibility index (Phi) is 4.35. The van der Waals surface area contributed by atoms with Crippen LogP contribution in [0.3, 0.4) is 0 Å². The number of aryl methyl sites for hydroxylation is 1. The van der Waals surface area contributed by atoms with E-state index in [1.165, 1.54) is 0 Å². The van der Waals surface area contributed by atoms with E-state index in [9.17, 15) is 8.42 Å². The van der Waals surface area contributed by atoms with E-state index in [1.807, 2.05) is 13.8 Å². The zero-order valence-electron chi connectivity index (χ0n) is 11.1. The fourth-order valence-electron chi connectivity index (χ4n) is 2.46. The van der Waals surface area contributed by atoms with E-state index in [0.717, 1.165) is 22.9 Å². The van der Waals surface area contributed by atoms with Crippen LogP contribution in [0.4, 0.5) is 0 Å². The zero-order valence-corrected chi connectivity index (χ0v) is 13.5. The maximum Gasteiger partial charge on any atom is 0.243 e. The molecule has 1 fully saturated rings. The Balaban J connectivity index is 2.34. The van der Waals surface area contributed by atoms with Crippen LogP contribution in [0.15, 0.2) is 27.6 Å². The minimum atomic E-state index is -3.42. The highest BCUT2D eigenvalue weighted by Crippen LogP contribution is 2.27. The molecule has 1 aromatic rings. The number of sulfonamides is 1. The molecule has 0 radical (unpaired) electrons. The van der Waals surface area contributed by atoms with E-state index in [-0.39, 0.29) is 12.1 Å². The van der Waals surface area contributed by atoms with Gasteiger partial charge in [-0.15, -0.1) is 0 Å². The van der Waals surface area contributed by atoms with Crippen LogP contribution in [0.25, 0.3) is 0 Å². The van der Waals surface area contributed by atoms with E-state index in [4.69, 9.17) is 5.73 Å². The third-order valence-electron chi connectivity index (χ3n) is 3.59. The van der Waals surface area contributed by atoms with Crippen LogP contribution in [-0.4, -0.2) is 31.4 Å². The molecule has 6 heteroatoms. The van der Waals surface area contributed by atoms with Crippen molar-refractivity contribution < 1.29 is 8.42 Å². The summed E-state index contributed by atoms with van der Waals surface area (Å²) in [4.78, 5) is 0.357. The van der Waals surface area contributed by atoms with Crippen molar-refractivity contribution in [2.24, 2.45) is 5.73 Å². The minimum Gasteiger partial charge on any atom is -0.328 e. The van der Waals surface area contributed by atoms with Gasteiger partial charge in [-0.3, -0.25) is 0 Å². The number of hydrogen-bond donors (Lipinski definition) is 1. The van der Waals surface area contributed by atoms with Crippen LogP contribution >= 0.6 is 15.9 Å². The molecule has 0 unspecified atom stereocenters. The second-order valence-corrected chi connectivity index (χ2v) is 7.91. The summed E-state index contributed by atoms with van der Waals surface area (Å²) < 4.78 is 27.8. The van der Waals surface area contributed by atoms with Crippen molar-refractivity contribution in [2.45, 2.75) is 43.7 Å². The first-order valence-electron chi connectivity index (χ1n) is 6.36. The van der Waals surface area contributed by atoms with Gasteiger partial charge in [-0.05, 0) is 50.5 Å². The first kappa shape index (κ1) is 15.0. The van der Waals surface area contributed by atoms with Gasteiger partial charge in [0.2, 0.25) is 10.0 Å². The van der Waals surface area contributed by atoms with Gasteiger partial charge in [0.15, 0.2) is 0 Å². The fourth-order valence-corrected chi connectivity index (χ4v) is 4.45. The molecule has 2 rings (SSSR count). The Morgan fingerprint density at radius 1 is 1.42 bits per heavy atom. The van der Waals surface area contributed by atoms with Crippen molar-refractivity contribution in [2.75, 3.05) is 6.54 Å². The molecule has 2 N–H and O–H groups in total. The number of halogens is 1. The summed E-state index contributed by atoms with van der Waals surface area (Å²) in [6.07, 6.45) is 1.44. The molecule has 1 aromatic carbocycles. The van der Waals surface area contributed by atoms with Gasteiger partial charge in [-0.25, -0.2) is 8.42 Å². The highest BCUT2D eigenvalue weighted by molar-refractivity contribution is 9.10. The van der Waals surface area contributed by atoms with E-state index in [0.29, 0.717) is 11.4 Å². The van der Waals surface area contributed by atoms with Crippen LogP contribution in [0.5, 0.6) is 0 Å². The fraction of sp³-hybridized carbons (Fsp3) is 0.538. The smallest absolute Gasteiger partial charge is 0.243 e. The summed E-state index contributed by atoms with van der Waals surface area (Å²) in [6, 6.07) is 5.20. The van der Waals surface area contributed by atoms with Crippen molar-refractivity contribution in [1.29, 1.82) is 0 Å². The predicted octanol–water partition coefficient (Wildman–Crippen LogP) is 2.26. The molecule has 0 bridgehead atoms. The first-order valence-corrected chi connectivity index (χ1v) is 8.59. The van der Waals surface area contributed by atoms with Crippen molar-refractivity contribution in [3.8, 4) is 0 Å². The average Bonchev–Trinajstić information content (AvgIpc) is 2.32. The molecule has 0 saturated carbocycles. The SMILES string of the molecule is Cc1cc(S(=O)(=O)N2CC[C@H](N)C[C@@H]2C)ccc1Br. The molecule has 106 valence electrons. The van der Waals surface area contributed by atoms with Crippen molar-refractivity contribution in [1.82, 2.24) is 4.31 Å². The second kappa shape index (κ2) is 5.52. The van der Waals surface area contributed by atoms with Gasteiger partial charge in [-0.2, -0.15) is 4.31 Å². The third kappa shape index (κ3) is 3.02. The summed E-state index contributed by atoms with van der Waals surface area (Å²) in [6.45, 7) is 4.31. The van der Waals surface area contributed by atoms with Gasteiger partial charge >= 0.3 is 0 Å². The molecular weight excluding hydrogens is 328 g/mol. The van der Waals surface area contributed by atoms with Gasteiger partial charge in [0.05, 0.1) is 4.90 Å². The Labute approximate surface area is 123 Å². The lowest BCUT2D eigenvalue weighted by molar-refractivity contribution is 0.247. The number of benzene rings is 1. The molecule has 0 amide bonds. The van der Waals surface area contributed by atoms with Crippen LogP contribution in [0, 0.1) is 6.92 Å². The zero-order chi connectivity index (χ0) is 14.2. The largest absolute Gasteiger partial charge is 0.328 e. The number of hydrogen-bond acceptors (Lipinski definition) is 3. The van der Waals surface area contributed by atoms with Crippen LogP contribution in [0.1, 0.15) is 25.3 Å². The second-order valence-electron chi connectivity index (χ2n) is 5.16. The molecule has 1 aliphatic heterocycles. The summed E-state index contributed by atoms with van der Waals surface area (Å²) in [7, 11) is -3.42. The molecule has 0 aliphatic carbocycles. The van der Waals surface area contributed by atoms with E-state index in [2.05, 4.69) is 15.9 Å². The minimum absolute atomic E-state index is 0.0438. The maximum absolute atomic E-state index is 12.6. The van der Waals surface area contributed by atoms with Crippen molar-refractivity contribution in [3.05, 3.63) is 28.2 Å². The third-order valence-corrected chi connectivity index (χ3v) is 6.49. The molecule has 1 heterocycles. The molecule has 19 heavy (non-hydrogen) atoms. The summed E-state index contributed by atoms with van der Waals surface area (Å²) in [5.41, 5.74) is 6.80. The van der Waals surface area contributed by atoms with Crippen LogP contribution < -0.4 is 5.73 Å². The van der Waals surface area contributed by atoms with E-state index in [1.54, 1.807) is 22.5 Å². The molecule has 1 aliphatic rings. The molecule has 2 atom stereocenters. The van der Waals surface area contributed by atoms with Crippen LogP contribution in [0.2, 0.25) is 0 Å². The van der Waals surface area contributed by atoms with Crippen molar-refractivity contribution >= 4 is 26.0 Å². The molecule has 4 nitrogen and oxygen atoms in total. The maximum atomic E-state index is 12.6. The topological polar surface area (TPSA) is 63.4 Å². The highest BCUT2D eigenvalue weighted by Gasteiger charge is 2.33. The normalized spacial score (nSPS) is 25.5. The lowest BCUT2D eigenvalue weighted by Crippen LogP contribution is -2.48. The quantitative estimate of drug-likeness (QED) is 0.893. The molecule has 0 spiro atoms. The predicted molar refractivity (Wildman–Crippen MR) is 79.4 cm³/mol. The summed E-state index contributed by atoms with van der Waals surface area (Å²) >= 11 is 3.39. The number of rotatable bonds is 2. The molecule has 0 aromatic heterocycles. The number of nitrogens with two attached hydrogens (primary N) is 1. The summed E-state index contributed by atoms with van der Waals surface area (Å²) in [5, 5.41) is 0. The monoisotopic (exact) mass is 346 g/mol. The molecular formula is C13H19BrN2O2S. The van der Waals surface area contributed by atoms with Gasteiger partial charge in [0, 0.05) is 23.1 Å². The Morgan fingerprint density at radius 3 is 2.68 bits per heavy atom. The number of nitrogens with zero attached hydrogens (tertiary/aromatic N) is 1. The van der Waals surface area contributed by atoms with Gasteiger partial charge in [0.1, 0.15) is 0 Å². The lowest BCUT2D eigenvalue weighted by atomic mass is 10.0. The Bertz CT molecular complexity index is 574. The van der Waals surface area contributed by atoms with Gasteiger partial charge < -0.3 is 5.73 Å². The first-order chi connectivity index (χ1) is 8.82. The van der Waals surface area contributed by atoms with Crippen LogP contribution in [-0.2, 0) is 10.0 Å². The van der Waals surface area contributed by atoms with E-state index >= 15 is 0 Å². The average molecular weight is 347 g/mol. The highest BCUT2D eigenvalue weighted by atomic mass is 79.9. The standard InChI is InChI=1S/C13H19BrN2O2S/c1-9-7-12(3-4-13(9)14)19(17,18)16-6-5-11(15)8-10(16)2/h3-4,7,10-11H,5-6,8,15H2,1-2H3/t10-,11-/m0/s1.